The number of aryl methyl sites for hydroxylation is 1. The molecule has 0 spiro atoms. The molecule has 1 atom stereocenters. The molecule has 6 nitrogen and oxygen atoms in total. The number of rotatable bonds is 4. The smallest absolute Gasteiger partial charge is 0.255 e. The minimum atomic E-state index is 0.0295. The quantitative estimate of drug-likeness (QED) is 0.442. The van der Waals surface area contributed by atoms with Gasteiger partial charge in [-0.05, 0) is 56.9 Å². The molecule has 1 aromatic carbocycles. The Bertz CT molecular complexity index is 1280. The molecule has 0 N–H and O–H groups in total. The number of nitrogens with zero attached hydrogens (tertiary/aromatic N) is 5. The van der Waals surface area contributed by atoms with E-state index in [0.29, 0.717) is 5.56 Å². The third-order valence-corrected chi connectivity index (χ3v) is 6.29. The standard InChI is InChI=1S/C26H27N5O/c1-17(2)31-25-22(16-28-31)21(14-23(29-25)20-10-5-4-8-18(20)3)26(32)30-13-7-11-24(30)19-9-6-12-27-15-19/h4-6,8-10,12,14-17,24H,7,11,13H2,1-3H3/t24-/m1/s1. The number of carbonyl (C=O) groups is 1. The Morgan fingerprint density at radius 1 is 1.12 bits per heavy atom. The monoisotopic (exact) mass is 425 g/mol. The molecule has 4 aromatic rings. The van der Waals surface area contributed by atoms with Gasteiger partial charge in [0, 0.05) is 30.5 Å². The van der Waals surface area contributed by atoms with Crippen LogP contribution in [0.4, 0.5) is 0 Å². The molecule has 1 amide bonds. The lowest BCUT2D eigenvalue weighted by Gasteiger charge is -2.25. The zero-order valence-electron chi connectivity index (χ0n) is 18.7. The van der Waals surface area contributed by atoms with Crippen LogP contribution in [-0.4, -0.2) is 37.1 Å². The molecular formula is C26H27N5O. The van der Waals surface area contributed by atoms with Crippen molar-refractivity contribution in [2.24, 2.45) is 0 Å². The average molecular weight is 426 g/mol. The van der Waals surface area contributed by atoms with Gasteiger partial charge in [0.1, 0.15) is 0 Å². The van der Waals surface area contributed by atoms with Gasteiger partial charge in [-0.15, -0.1) is 0 Å². The molecule has 1 saturated heterocycles. The second-order valence-electron chi connectivity index (χ2n) is 8.73. The molecule has 0 bridgehead atoms. The molecule has 1 fully saturated rings. The highest BCUT2D eigenvalue weighted by molar-refractivity contribution is 6.06. The van der Waals surface area contributed by atoms with Crippen molar-refractivity contribution in [2.75, 3.05) is 6.54 Å². The largest absolute Gasteiger partial charge is 0.332 e. The molecule has 1 aliphatic rings. The van der Waals surface area contributed by atoms with Crippen molar-refractivity contribution in [1.29, 1.82) is 0 Å². The van der Waals surface area contributed by atoms with Gasteiger partial charge in [-0.1, -0.05) is 30.3 Å². The van der Waals surface area contributed by atoms with Gasteiger partial charge >= 0.3 is 0 Å². The van der Waals surface area contributed by atoms with Crippen LogP contribution in [0.1, 0.15) is 60.3 Å². The zero-order valence-corrected chi connectivity index (χ0v) is 18.7. The molecule has 0 unspecified atom stereocenters. The van der Waals surface area contributed by atoms with Crippen LogP contribution in [0.25, 0.3) is 22.3 Å². The molecule has 32 heavy (non-hydrogen) atoms. The average Bonchev–Trinajstić information content (AvgIpc) is 3.46. The summed E-state index contributed by atoms with van der Waals surface area (Å²) in [6.07, 6.45) is 7.35. The molecule has 1 aliphatic heterocycles. The first-order valence-electron chi connectivity index (χ1n) is 11.2. The summed E-state index contributed by atoms with van der Waals surface area (Å²) in [5.74, 6) is 0.0295. The summed E-state index contributed by atoms with van der Waals surface area (Å²) in [6, 6.07) is 14.3. The Labute approximate surface area is 187 Å². The summed E-state index contributed by atoms with van der Waals surface area (Å²) in [4.78, 5) is 25.1. The molecular weight excluding hydrogens is 398 g/mol. The van der Waals surface area contributed by atoms with E-state index in [-0.39, 0.29) is 18.0 Å². The van der Waals surface area contributed by atoms with Gasteiger partial charge < -0.3 is 4.90 Å². The summed E-state index contributed by atoms with van der Waals surface area (Å²) in [5, 5.41) is 5.38. The van der Waals surface area contributed by atoms with Crippen LogP contribution in [0.5, 0.6) is 0 Å². The van der Waals surface area contributed by atoms with E-state index in [0.717, 1.165) is 52.8 Å². The van der Waals surface area contributed by atoms with Crippen molar-refractivity contribution in [3.05, 3.63) is 77.7 Å². The number of hydrogen-bond donors (Lipinski definition) is 0. The van der Waals surface area contributed by atoms with Crippen LogP contribution < -0.4 is 0 Å². The van der Waals surface area contributed by atoms with Gasteiger partial charge in [-0.25, -0.2) is 9.67 Å². The topological polar surface area (TPSA) is 63.9 Å². The molecule has 3 aromatic heterocycles. The van der Waals surface area contributed by atoms with Gasteiger partial charge in [0.2, 0.25) is 0 Å². The number of likely N-dealkylation sites (tertiary alicyclic amines) is 1. The highest BCUT2D eigenvalue weighted by atomic mass is 16.2. The minimum absolute atomic E-state index is 0.0295. The van der Waals surface area contributed by atoms with E-state index in [1.165, 1.54) is 0 Å². The lowest BCUT2D eigenvalue weighted by Crippen LogP contribution is -2.30. The number of pyridine rings is 2. The first kappa shape index (κ1) is 20.4. The number of carbonyl (C=O) groups excluding carboxylic acids is 1. The van der Waals surface area contributed by atoms with Crippen LogP contribution in [0, 0.1) is 6.92 Å². The van der Waals surface area contributed by atoms with Crippen molar-refractivity contribution >= 4 is 16.9 Å². The molecule has 6 heteroatoms. The van der Waals surface area contributed by atoms with Crippen LogP contribution >= 0.6 is 0 Å². The number of fused-ring (bicyclic) bond motifs is 1. The Balaban J connectivity index is 1.66. The van der Waals surface area contributed by atoms with Crippen molar-refractivity contribution in [1.82, 2.24) is 24.6 Å². The van der Waals surface area contributed by atoms with E-state index in [9.17, 15) is 4.79 Å². The van der Waals surface area contributed by atoms with Crippen LogP contribution in [0.15, 0.2) is 61.1 Å². The van der Waals surface area contributed by atoms with Crippen LogP contribution in [0.3, 0.4) is 0 Å². The Morgan fingerprint density at radius 2 is 1.97 bits per heavy atom. The fourth-order valence-corrected chi connectivity index (χ4v) is 4.66. The fraction of sp³-hybridized carbons (Fsp3) is 0.308. The molecule has 162 valence electrons. The highest BCUT2D eigenvalue weighted by Crippen LogP contribution is 2.35. The number of hydrogen-bond acceptors (Lipinski definition) is 4. The Morgan fingerprint density at radius 3 is 2.72 bits per heavy atom. The predicted octanol–water partition coefficient (Wildman–Crippen LogP) is 5.36. The Hall–Kier alpha value is -3.54. The Kier molecular flexibility index (Phi) is 5.21. The summed E-state index contributed by atoms with van der Waals surface area (Å²) < 4.78 is 1.90. The van der Waals surface area contributed by atoms with E-state index >= 15 is 0 Å². The number of benzene rings is 1. The second-order valence-corrected chi connectivity index (χ2v) is 8.73. The lowest BCUT2D eigenvalue weighted by atomic mass is 10.0. The fourth-order valence-electron chi connectivity index (χ4n) is 4.66. The summed E-state index contributed by atoms with van der Waals surface area (Å²) in [6.45, 7) is 6.96. The van der Waals surface area contributed by atoms with Gasteiger partial charge in [0.25, 0.3) is 5.91 Å². The third kappa shape index (κ3) is 3.45. The maximum absolute atomic E-state index is 13.9. The maximum atomic E-state index is 13.9. The lowest BCUT2D eigenvalue weighted by molar-refractivity contribution is 0.0737. The van der Waals surface area contributed by atoms with Crippen molar-refractivity contribution in [3.8, 4) is 11.3 Å². The maximum Gasteiger partial charge on any atom is 0.255 e. The first-order chi connectivity index (χ1) is 15.5. The highest BCUT2D eigenvalue weighted by Gasteiger charge is 2.32. The summed E-state index contributed by atoms with van der Waals surface area (Å²) >= 11 is 0. The van der Waals surface area contributed by atoms with E-state index < -0.39 is 0 Å². The summed E-state index contributed by atoms with van der Waals surface area (Å²) in [5.41, 5.74) is 5.46. The van der Waals surface area contributed by atoms with E-state index in [2.05, 4.69) is 49.1 Å². The van der Waals surface area contributed by atoms with Gasteiger partial charge in [-0.3, -0.25) is 9.78 Å². The molecule has 4 heterocycles. The second kappa shape index (κ2) is 8.19. The molecule has 5 rings (SSSR count). The van der Waals surface area contributed by atoms with Gasteiger partial charge in [0.15, 0.2) is 5.65 Å². The first-order valence-corrected chi connectivity index (χ1v) is 11.2. The van der Waals surface area contributed by atoms with Crippen molar-refractivity contribution in [3.63, 3.8) is 0 Å². The number of aromatic nitrogens is 4. The third-order valence-electron chi connectivity index (χ3n) is 6.29. The normalized spacial score (nSPS) is 16.2. The molecule has 0 radical (unpaired) electrons. The predicted molar refractivity (Wildman–Crippen MR) is 125 cm³/mol. The number of amides is 1. The molecule has 0 aliphatic carbocycles. The van der Waals surface area contributed by atoms with Crippen LogP contribution in [0.2, 0.25) is 0 Å². The van der Waals surface area contributed by atoms with Gasteiger partial charge in [0.05, 0.1) is 28.9 Å². The van der Waals surface area contributed by atoms with Crippen molar-refractivity contribution in [2.45, 2.75) is 45.7 Å². The van der Waals surface area contributed by atoms with Gasteiger partial charge in [-0.2, -0.15) is 5.10 Å². The van der Waals surface area contributed by atoms with Crippen LogP contribution in [-0.2, 0) is 0 Å². The molecule has 0 saturated carbocycles. The SMILES string of the molecule is Cc1ccccc1-c1cc(C(=O)N2CCC[C@@H]2c2cccnc2)c2cnn(C(C)C)c2n1. The van der Waals surface area contributed by atoms with E-state index in [1.54, 1.807) is 12.4 Å². The van der Waals surface area contributed by atoms with E-state index in [4.69, 9.17) is 4.98 Å². The van der Waals surface area contributed by atoms with Crippen molar-refractivity contribution < 1.29 is 4.79 Å². The van der Waals surface area contributed by atoms with E-state index in [1.807, 2.05) is 40.0 Å². The summed E-state index contributed by atoms with van der Waals surface area (Å²) in [7, 11) is 0. The minimum Gasteiger partial charge on any atom is -0.332 e. The zero-order chi connectivity index (χ0) is 22.2.